The molecule has 194 valence electrons. The standard InChI is InChI=1S/C23H22F4N6O.2ClH/c1-2-34-19-10-18-13(9-16(19)24)3-5-17(29-18)22-31-30-20-6-4-14(11-33(20)22)21(23(25,26)27)32-8-7-15(28)12-32;;/h3-6,9-11,15,21H,2,7-8,12,28H2,1H3;2*1H/t15?,21-;;/m0../s1. The van der Waals surface area contributed by atoms with Crippen molar-refractivity contribution >= 4 is 41.4 Å². The normalized spacial score (nSPS) is 17.1. The maximum atomic E-state index is 14.2. The first kappa shape index (κ1) is 27.9. The van der Waals surface area contributed by atoms with Crippen molar-refractivity contribution in [3.8, 4) is 17.3 Å². The molecule has 7 nitrogen and oxygen atoms in total. The zero-order valence-corrected chi connectivity index (χ0v) is 20.7. The van der Waals surface area contributed by atoms with Crippen LogP contribution in [0.3, 0.4) is 0 Å². The summed E-state index contributed by atoms with van der Waals surface area (Å²) in [5, 5.41) is 8.79. The molecule has 4 aromatic rings. The lowest BCUT2D eigenvalue weighted by Gasteiger charge is -2.30. The summed E-state index contributed by atoms with van der Waals surface area (Å²) in [5.41, 5.74) is 7.17. The molecule has 2 atom stereocenters. The summed E-state index contributed by atoms with van der Waals surface area (Å²) in [6.07, 6.45) is -2.57. The lowest BCUT2D eigenvalue weighted by Crippen LogP contribution is -2.38. The molecular formula is C23H24Cl2F4N6O. The number of hydrogen-bond acceptors (Lipinski definition) is 6. The first-order valence-electron chi connectivity index (χ1n) is 10.9. The fraction of sp³-hybridized carbons (Fsp3) is 0.348. The van der Waals surface area contributed by atoms with Crippen LogP contribution in [-0.2, 0) is 0 Å². The van der Waals surface area contributed by atoms with Crippen LogP contribution < -0.4 is 10.5 Å². The maximum Gasteiger partial charge on any atom is 0.408 e. The quantitative estimate of drug-likeness (QED) is 0.356. The van der Waals surface area contributed by atoms with E-state index in [1.807, 2.05) is 0 Å². The number of aromatic nitrogens is 4. The number of hydrogen-bond donors (Lipinski definition) is 1. The summed E-state index contributed by atoms with van der Waals surface area (Å²) < 4.78 is 63.2. The first-order valence-corrected chi connectivity index (χ1v) is 10.9. The molecule has 1 aliphatic heterocycles. The van der Waals surface area contributed by atoms with Crippen LogP contribution in [0.25, 0.3) is 28.1 Å². The molecular weight excluding hydrogens is 523 g/mol. The van der Waals surface area contributed by atoms with Crippen molar-refractivity contribution in [2.24, 2.45) is 5.73 Å². The van der Waals surface area contributed by atoms with Gasteiger partial charge in [-0.2, -0.15) is 13.2 Å². The summed E-state index contributed by atoms with van der Waals surface area (Å²) in [5.74, 6) is -0.147. The molecule has 13 heteroatoms. The molecule has 0 saturated carbocycles. The second kappa shape index (κ2) is 10.7. The molecule has 0 spiro atoms. The molecule has 0 radical (unpaired) electrons. The van der Waals surface area contributed by atoms with Crippen molar-refractivity contribution in [3.63, 3.8) is 0 Å². The molecule has 0 aliphatic carbocycles. The third kappa shape index (κ3) is 5.19. The molecule has 1 aliphatic rings. The van der Waals surface area contributed by atoms with Gasteiger partial charge in [0.2, 0.25) is 0 Å². The van der Waals surface area contributed by atoms with E-state index in [0.717, 1.165) is 0 Å². The van der Waals surface area contributed by atoms with Crippen LogP contribution >= 0.6 is 24.8 Å². The van der Waals surface area contributed by atoms with E-state index in [1.54, 1.807) is 19.1 Å². The van der Waals surface area contributed by atoms with Crippen LogP contribution in [0.2, 0.25) is 0 Å². The van der Waals surface area contributed by atoms with Crippen LogP contribution in [0.5, 0.6) is 5.75 Å². The number of fused-ring (bicyclic) bond motifs is 2. The largest absolute Gasteiger partial charge is 0.491 e. The van der Waals surface area contributed by atoms with Crippen molar-refractivity contribution in [1.29, 1.82) is 0 Å². The van der Waals surface area contributed by atoms with E-state index < -0.39 is 18.0 Å². The van der Waals surface area contributed by atoms with E-state index in [0.29, 0.717) is 35.3 Å². The van der Waals surface area contributed by atoms with E-state index in [9.17, 15) is 17.6 Å². The van der Waals surface area contributed by atoms with Gasteiger partial charge in [-0.05, 0) is 37.1 Å². The second-order valence-corrected chi connectivity index (χ2v) is 8.31. The van der Waals surface area contributed by atoms with Gasteiger partial charge in [-0.3, -0.25) is 9.30 Å². The van der Waals surface area contributed by atoms with Gasteiger partial charge in [-0.25, -0.2) is 9.37 Å². The van der Waals surface area contributed by atoms with Gasteiger partial charge < -0.3 is 10.5 Å². The minimum atomic E-state index is -4.48. The van der Waals surface area contributed by atoms with E-state index in [1.165, 1.54) is 39.8 Å². The predicted molar refractivity (Wildman–Crippen MR) is 132 cm³/mol. The zero-order valence-electron chi connectivity index (χ0n) is 19.1. The number of nitrogens with two attached hydrogens (primary N) is 1. The van der Waals surface area contributed by atoms with E-state index in [-0.39, 0.29) is 61.1 Å². The van der Waals surface area contributed by atoms with Crippen molar-refractivity contribution in [2.75, 3.05) is 19.7 Å². The molecule has 1 fully saturated rings. The van der Waals surface area contributed by atoms with Gasteiger partial charge in [0.05, 0.1) is 12.1 Å². The minimum absolute atomic E-state index is 0. The zero-order chi connectivity index (χ0) is 24.0. The van der Waals surface area contributed by atoms with Crippen molar-refractivity contribution < 1.29 is 22.3 Å². The third-order valence-electron chi connectivity index (χ3n) is 5.94. The highest BCUT2D eigenvalue weighted by molar-refractivity contribution is 5.85. The fourth-order valence-corrected chi connectivity index (χ4v) is 4.42. The van der Waals surface area contributed by atoms with Crippen molar-refractivity contribution in [1.82, 2.24) is 24.5 Å². The Morgan fingerprint density at radius 1 is 1.14 bits per heavy atom. The molecule has 1 aromatic carbocycles. The monoisotopic (exact) mass is 546 g/mol. The number of pyridine rings is 2. The topological polar surface area (TPSA) is 81.6 Å². The molecule has 0 bridgehead atoms. The van der Waals surface area contributed by atoms with Gasteiger partial charge in [0.15, 0.2) is 23.0 Å². The molecule has 1 unspecified atom stereocenters. The molecule has 3 aromatic heterocycles. The Morgan fingerprint density at radius 3 is 2.58 bits per heavy atom. The van der Waals surface area contributed by atoms with Gasteiger partial charge in [0.25, 0.3) is 0 Å². The Balaban J connectivity index is 0.00000180. The fourth-order valence-electron chi connectivity index (χ4n) is 4.42. The lowest BCUT2D eigenvalue weighted by molar-refractivity contribution is -0.183. The van der Waals surface area contributed by atoms with Gasteiger partial charge >= 0.3 is 6.18 Å². The van der Waals surface area contributed by atoms with E-state index >= 15 is 0 Å². The average Bonchev–Trinajstić information content (AvgIpc) is 3.39. The van der Waals surface area contributed by atoms with Gasteiger partial charge in [-0.15, -0.1) is 35.0 Å². The summed E-state index contributed by atoms with van der Waals surface area (Å²) >= 11 is 0. The highest BCUT2D eigenvalue weighted by atomic mass is 35.5. The molecule has 4 heterocycles. The van der Waals surface area contributed by atoms with Crippen LogP contribution in [0.15, 0.2) is 42.6 Å². The predicted octanol–water partition coefficient (Wildman–Crippen LogP) is 4.96. The molecule has 5 rings (SSSR count). The Labute approximate surface area is 216 Å². The Kier molecular flexibility index (Phi) is 8.29. The van der Waals surface area contributed by atoms with Crippen LogP contribution in [0.4, 0.5) is 17.6 Å². The highest BCUT2D eigenvalue weighted by Gasteiger charge is 2.46. The summed E-state index contributed by atoms with van der Waals surface area (Å²) in [6, 6.07) is 6.96. The number of likely N-dealkylation sites (tertiary alicyclic amines) is 1. The summed E-state index contributed by atoms with van der Waals surface area (Å²) in [6.45, 7) is 2.48. The van der Waals surface area contributed by atoms with Crippen molar-refractivity contribution in [3.05, 3.63) is 54.0 Å². The summed E-state index contributed by atoms with van der Waals surface area (Å²) in [7, 11) is 0. The molecule has 1 saturated heterocycles. The average molecular weight is 547 g/mol. The number of nitrogens with zero attached hydrogens (tertiary/aromatic N) is 5. The molecule has 2 N–H and O–H groups in total. The number of alkyl halides is 3. The van der Waals surface area contributed by atoms with Crippen molar-refractivity contribution in [2.45, 2.75) is 31.6 Å². The maximum absolute atomic E-state index is 14.2. The SMILES string of the molecule is CCOc1cc2nc(-c3nnc4ccc([C@H](N5CCC(N)C5)C(F)(F)F)cn34)ccc2cc1F.Cl.Cl. The summed E-state index contributed by atoms with van der Waals surface area (Å²) in [4.78, 5) is 5.90. The van der Waals surface area contributed by atoms with Crippen LogP contribution in [0.1, 0.15) is 24.9 Å². The number of benzene rings is 1. The highest BCUT2D eigenvalue weighted by Crippen LogP contribution is 2.39. The van der Waals surface area contributed by atoms with Crippen LogP contribution in [0, 0.1) is 5.82 Å². The molecule has 0 amide bonds. The van der Waals surface area contributed by atoms with Gasteiger partial charge in [0, 0.05) is 36.8 Å². The Hall–Kier alpha value is -2.73. The van der Waals surface area contributed by atoms with E-state index in [2.05, 4.69) is 15.2 Å². The first-order chi connectivity index (χ1) is 16.2. The number of ether oxygens (including phenoxy) is 1. The smallest absolute Gasteiger partial charge is 0.408 e. The number of halogens is 6. The second-order valence-electron chi connectivity index (χ2n) is 8.31. The molecule has 36 heavy (non-hydrogen) atoms. The third-order valence-corrected chi connectivity index (χ3v) is 5.94. The van der Waals surface area contributed by atoms with E-state index in [4.69, 9.17) is 10.5 Å². The van der Waals surface area contributed by atoms with Crippen LogP contribution in [-0.4, -0.2) is 56.4 Å². The van der Waals surface area contributed by atoms with Gasteiger partial charge in [0.1, 0.15) is 11.7 Å². The Bertz CT molecular complexity index is 1370. The van der Waals surface area contributed by atoms with Gasteiger partial charge in [-0.1, -0.05) is 12.1 Å². The lowest BCUT2D eigenvalue weighted by atomic mass is 10.1. The minimum Gasteiger partial charge on any atom is -0.491 e. The Morgan fingerprint density at radius 2 is 1.92 bits per heavy atom. The number of rotatable bonds is 5.